The van der Waals surface area contributed by atoms with Crippen LogP contribution in [0.15, 0.2) is 18.2 Å². The van der Waals surface area contributed by atoms with E-state index >= 15 is 0 Å². The molecule has 7 nitrogen and oxygen atoms in total. The molecule has 0 saturated carbocycles. The molecule has 0 bridgehead atoms. The molecule has 0 aromatic heterocycles. The zero-order chi connectivity index (χ0) is 16.0. The average molecular weight is 295 g/mol. The highest BCUT2D eigenvalue weighted by atomic mass is 16.6. The minimum Gasteiger partial charge on any atom is -0.385 e. The molecule has 1 unspecified atom stereocenters. The van der Waals surface area contributed by atoms with Crippen LogP contribution in [-0.4, -0.2) is 49.1 Å². The normalized spacial score (nSPS) is 11.8. The average Bonchev–Trinajstić information content (AvgIpc) is 2.46. The molecule has 0 fully saturated rings. The summed E-state index contributed by atoms with van der Waals surface area (Å²) in [5.74, 6) is -0.397. The number of ether oxygens (including phenoxy) is 1. The van der Waals surface area contributed by atoms with Crippen LogP contribution in [0, 0.1) is 10.1 Å². The highest BCUT2D eigenvalue weighted by molar-refractivity contribution is 5.99. The van der Waals surface area contributed by atoms with E-state index in [0.29, 0.717) is 18.8 Å². The van der Waals surface area contributed by atoms with Gasteiger partial charge in [0.2, 0.25) is 0 Å². The van der Waals surface area contributed by atoms with Crippen molar-refractivity contribution in [2.75, 3.05) is 32.6 Å². The predicted octanol–water partition coefficient (Wildman–Crippen LogP) is 2.13. The minimum absolute atomic E-state index is 0.0731. The van der Waals surface area contributed by atoms with Gasteiger partial charge in [0.15, 0.2) is 0 Å². The molecule has 0 aliphatic carbocycles. The summed E-state index contributed by atoms with van der Waals surface area (Å²) in [5.41, 5.74) is 0.557. The van der Waals surface area contributed by atoms with Crippen molar-refractivity contribution in [3.63, 3.8) is 0 Å². The van der Waals surface area contributed by atoms with Crippen molar-refractivity contribution in [1.29, 1.82) is 0 Å². The van der Waals surface area contributed by atoms with Gasteiger partial charge in [-0.1, -0.05) is 0 Å². The van der Waals surface area contributed by atoms with Crippen LogP contribution < -0.4 is 5.32 Å². The number of nitro benzene ring substituents is 1. The summed E-state index contributed by atoms with van der Waals surface area (Å²) in [6, 6.07) is 4.28. The van der Waals surface area contributed by atoms with Crippen LogP contribution in [0.3, 0.4) is 0 Å². The van der Waals surface area contributed by atoms with Gasteiger partial charge < -0.3 is 15.0 Å². The van der Waals surface area contributed by atoms with Gasteiger partial charge in [0.05, 0.1) is 17.6 Å². The zero-order valence-electron chi connectivity index (χ0n) is 12.8. The fourth-order valence-electron chi connectivity index (χ4n) is 1.92. The van der Waals surface area contributed by atoms with Crippen molar-refractivity contribution in [2.24, 2.45) is 0 Å². The summed E-state index contributed by atoms with van der Waals surface area (Å²) in [6.07, 6.45) is 0. The molecule has 0 saturated heterocycles. The number of likely N-dealkylation sites (N-methyl/N-ethyl adjacent to an activating group) is 1. The number of rotatable bonds is 7. The lowest BCUT2D eigenvalue weighted by atomic mass is 10.1. The van der Waals surface area contributed by atoms with Crippen molar-refractivity contribution < 1.29 is 14.5 Å². The number of benzene rings is 1. The van der Waals surface area contributed by atoms with E-state index in [2.05, 4.69) is 5.32 Å². The lowest BCUT2D eigenvalue weighted by Crippen LogP contribution is -2.38. The van der Waals surface area contributed by atoms with E-state index < -0.39 is 10.8 Å². The minimum atomic E-state index is -0.544. The Morgan fingerprint density at radius 2 is 2.19 bits per heavy atom. The number of nitrogens with zero attached hydrogens (tertiary/aromatic N) is 2. The van der Waals surface area contributed by atoms with Gasteiger partial charge in [0.1, 0.15) is 5.56 Å². The Kier molecular flexibility index (Phi) is 6.10. The number of anilines is 1. The monoisotopic (exact) mass is 295 g/mol. The molecule has 0 radical (unpaired) electrons. The lowest BCUT2D eigenvalue weighted by molar-refractivity contribution is -0.385. The second-order valence-electron chi connectivity index (χ2n) is 4.74. The third-order valence-electron chi connectivity index (χ3n) is 3.19. The molecule has 1 atom stereocenters. The van der Waals surface area contributed by atoms with E-state index in [1.165, 1.54) is 17.0 Å². The number of methoxy groups -OCH3 is 1. The van der Waals surface area contributed by atoms with Gasteiger partial charge in [0.25, 0.3) is 11.6 Å². The van der Waals surface area contributed by atoms with Crippen molar-refractivity contribution >= 4 is 17.3 Å². The summed E-state index contributed by atoms with van der Waals surface area (Å²) < 4.78 is 5.01. The molecular formula is C14H21N3O4. The van der Waals surface area contributed by atoms with Gasteiger partial charge in [0, 0.05) is 32.5 Å². The largest absolute Gasteiger partial charge is 0.385 e. The van der Waals surface area contributed by atoms with E-state index in [1.54, 1.807) is 20.2 Å². The third-order valence-corrected chi connectivity index (χ3v) is 3.19. The highest BCUT2D eigenvalue weighted by Gasteiger charge is 2.25. The number of hydrogen-bond acceptors (Lipinski definition) is 5. The Morgan fingerprint density at radius 1 is 1.52 bits per heavy atom. The van der Waals surface area contributed by atoms with Crippen LogP contribution in [-0.2, 0) is 4.74 Å². The standard InChI is InChI=1S/C14H21N3O4/c1-5-15-11-6-7-13(17(19)20)12(8-11)14(18)16(3)10(2)9-21-4/h6-8,10,15H,5,9H2,1-4H3. The van der Waals surface area contributed by atoms with E-state index in [4.69, 9.17) is 4.74 Å². The van der Waals surface area contributed by atoms with Gasteiger partial charge in [-0.2, -0.15) is 0 Å². The second kappa shape index (κ2) is 7.58. The molecule has 1 aromatic carbocycles. The fourth-order valence-corrected chi connectivity index (χ4v) is 1.92. The van der Waals surface area contributed by atoms with Crippen LogP contribution >= 0.6 is 0 Å². The van der Waals surface area contributed by atoms with Gasteiger partial charge in [-0.3, -0.25) is 14.9 Å². The summed E-state index contributed by atoms with van der Waals surface area (Å²) in [6.45, 7) is 4.77. The predicted molar refractivity (Wildman–Crippen MR) is 80.7 cm³/mol. The molecule has 7 heteroatoms. The zero-order valence-corrected chi connectivity index (χ0v) is 12.8. The number of carbonyl (C=O) groups is 1. The van der Waals surface area contributed by atoms with Crippen molar-refractivity contribution in [3.05, 3.63) is 33.9 Å². The maximum Gasteiger partial charge on any atom is 0.282 e. The van der Waals surface area contributed by atoms with Crippen molar-refractivity contribution in [1.82, 2.24) is 4.90 Å². The van der Waals surface area contributed by atoms with Crippen molar-refractivity contribution in [3.8, 4) is 0 Å². The Balaban J connectivity index is 3.15. The molecular weight excluding hydrogens is 274 g/mol. The first-order valence-electron chi connectivity index (χ1n) is 6.70. The first-order valence-corrected chi connectivity index (χ1v) is 6.70. The number of carbonyl (C=O) groups excluding carboxylic acids is 1. The van der Waals surface area contributed by atoms with Gasteiger partial charge in [-0.25, -0.2) is 0 Å². The lowest BCUT2D eigenvalue weighted by Gasteiger charge is -2.24. The van der Waals surface area contributed by atoms with E-state index in [9.17, 15) is 14.9 Å². The SMILES string of the molecule is CCNc1ccc([N+](=O)[O-])c(C(=O)N(C)C(C)COC)c1. The van der Waals surface area contributed by atoms with Crippen LogP contribution in [0.4, 0.5) is 11.4 Å². The van der Waals surface area contributed by atoms with Crippen LogP contribution in [0.5, 0.6) is 0 Å². The Hall–Kier alpha value is -2.15. The molecule has 1 rings (SSSR count). The molecule has 116 valence electrons. The van der Waals surface area contributed by atoms with Gasteiger partial charge in [-0.05, 0) is 26.0 Å². The molecule has 0 heterocycles. The highest BCUT2D eigenvalue weighted by Crippen LogP contribution is 2.24. The van der Waals surface area contributed by atoms with Crippen LogP contribution in [0.25, 0.3) is 0 Å². The third kappa shape index (κ3) is 4.16. The van der Waals surface area contributed by atoms with Crippen LogP contribution in [0.2, 0.25) is 0 Å². The Bertz CT molecular complexity index is 519. The Labute approximate surface area is 124 Å². The summed E-state index contributed by atoms with van der Waals surface area (Å²) in [7, 11) is 3.15. The topological polar surface area (TPSA) is 84.7 Å². The molecule has 0 aliphatic heterocycles. The maximum atomic E-state index is 12.5. The van der Waals surface area contributed by atoms with E-state index in [0.717, 1.165) is 0 Å². The summed E-state index contributed by atoms with van der Waals surface area (Å²) in [4.78, 5) is 24.5. The van der Waals surface area contributed by atoms with Gasteiger partial charge in [-0.15, -0.1) is 0 Å². The smallest absolute Gasteiger partial charge is 0.282 e. The molecule has 1 N–H and O–H groups in total. The second-order valence-corrected chi connectivity index (χ2v) is 4.74. The molecule has 0 spiro atoms. The number of amides is 1. The number of hydrogen-bond donors (Lipinski definition) is 1. The van der Waals surface area contributed by atoms with Gasteiger partial charge >= 0.3 is 0 Å². The first kappa shape index (κ1) is 16.9. The van der Waals surface area contributed by atoms with E-state index in [1.807, 2.05) is 13.8 Å². The maximum absolute atomic E-state index is 12.5. The summed E-state index contributed by atoms with van der Waals surface area (Å²) >= 11 is 0. The fraction of sp³-hybridized carbons (Fsp3) is 0.500. The number of nitro groups is 1. The quantitative estimate of drug-likeness (QED) is 0.615. The summed E-state index contributed by atoms with van der Waals surface area (Å²) in [5, 5.41) is 14.1. The molecule has 21 heavy (non-hydrogen) atoms. The first-order chi connectivity index (χ1) is 9.92. The Morgan fingerprint density at radius 3 is 2.71 bits per heavy atom. The van der Waals surface area contributed by atoms with Crippen molar-refractivity contribution in [2.45, 2.75) is 19.9 Å². The van der Waals surface area contributed by atoms with E-state index in [-0.39, 0.29) is 17.3 Å². The molecule has 0 aliphatic rings. The van der Waals surface area contributed by atoms with Crippen LogP contribution in [0.1, 0.15) is 24.2 Å². The number of nitrogens with one attached hydrogen (secondary N) is 1. The molecule has 1 amide bonds. The molecule has 1 aromatic rings.